The molecule has 0 rings (SSSR count). The minimum absolute atomic E-state index is 0.00667. The van der Waals surface area contributed by atoms with Gasteiger partial charge in [0.25, 0.3) is 0 Å². The topological polar surface area (TPSA) is 302 Å². The van der Waals surface area contributed by atoms with E-state index in [2.05, 4.69) is 4.74 Å². The number of hydrogen-bond acceptors (Lipinski definition) is 16. The summed E-state index contributed by atoms with van der Waals surface area (Å²) in [4.78, 5) is 0. The molecule has 0 aromatic heterocycles. The molecule has 0 aliphatic rings. The van der Waals surface area contributed by atoms with E-state index in [1.807, 2.05) is 6.92 Å². The maximum atomic E-state index is 8.69. The lowest BCUT2D eigenvalue weighted by atomic mass is 10.3. The van der Waals surface area contributed by atoms with Crippen molar-refractivity contribution in [2.75, 3.05) is 79.3 Å². The van der Waals surface area contributed by atoms with E-state index in [9.17, 15) is 0 Å². The number of hydrogen-bond donors (Lipinski definition) is 14. The first kappa shape index (κ1) is 58.9. The van der Waals surface area contributed by atoms with Crippen molar-refractivity contribution in [3.63, 3.8) is 0 Å². The molecule has 0 spiro atoms. The highest BCUT2D eigenvalue weighted by Crippen LogP contribution is 1.90. The second kappa shape index (κ2) is 58.0. The van der Waals surface area contributed by atoms with E-state index in [0.29, 0.717) is 32.7 Å². The van der Waals surface area contributed by atoms with Crippen molar-refractivity contribution in [3.8, 4) is 0 Å². The molecule has 0 fully saturated rings. The Morgan fingerprint density at radius 3 is 1.05 bits per heavy atom. The number of rotatable bonds is 17. The highest BCUT2D eigenvalue weighted by Gasteiger charge is 2.01. The van der Waals surface area contributed by atoms with E-state index in [-0.39, 0.29) is 71.7 Å². The van der Waals surface area contributed by atoms with Crippen LogP contribution < -0.4 is 0 Å². The minimum Gasteiger partial charge on any atom is -0.396 e. The molecule has 278 valence electrons. The van der Waals surface area contributed by atoms with Gasteiger partial charge in [-0.25, -0.2) is 0 Å². The summed E-state index contributed by atoms with van der Waals surface area (Å²) in [5.41, 5.74) is 0. The van der Waals surface area contributed by atoms with Crippen LogP contribution in [0.1, 0.15) is 67.2 Å². The van der Waals surface area contributed by atoms with Gasteiger partial charge in [-0.2, -0.15) is 0 Å². The summed E-state index contributed by atoms with van der Waals surface area (Å²) in [6.45, 7) is 11.1. The largest absolute Gasteiger partial charge is 0.396 e. The highest BCUT2D eigenvalue weighted by atomic mass is 16.5. The molecule has 0 aromatic rings. The molecule has 16 heteroatoms. The third-order valence-electron chi connectivity index (χ3n) is 3.94. The van der Waals surface area contributed by atoms with E-state index in [1.54, 1.807) is 34.6 Å². The van der Waals surface area contributed by atoms with Gasteiger partial charge in [0.15, 0.2) is 0 Å². The van der Waals surface area contributed by atoms with Crippen LogP contribution in [0.25, 0.3) is 0 Å². The Balaban J connectivity index is -0.0000000734. The Bertz CT molecular complexity index is 386. The van der Waals surface area contributed by atoms with Crippen LogP contribution >= 0.6 is 0 Å². The zero-order valence-corrected chi connectivity index (χ0v) is 27.9. The van der Waals surface area contributed by atoms with Gasteiger partial charge in [-0.05, 0) is 60.3 Å². The van der Waals surface area contributed by atoms with Crippen molar-refractivity contribution < 1.29 is 81.0 Å². The van der Waals surface area contributed by atoms with Crippen molar-refractivity contribution in [1.29, 1.82) is 0 Å². The number of aliphatic hydroxyl groups is 14. The number of ether oxygens (including phenoxy) is 2. The van der Waals surface area contributed by atoms with Gasteiger partial charge in [0.05, 0.1) is 96.1 Å². The monoisotopic (exact) mass is 662 g/mol. The van der Waals surface area contributed by atoms with Crippen LogP contribution in [0.4, 0.5) is 0 Å². The molecule has 14 N–H and O–H groups in total. The molecule has 0 aromatic carbocycles. The molecule has 0 aliphatic heterocycles. The van der Waals surface area contributed by atoms with Crippen LogP contribution in [0.3, 0.4) is 0 Å². The van der Waals surface area contributed by atoms with Crippen LogP contribution in [0.5, 0.6) is 0 Å². The average molecular weight is 663 g/mol. The minimum atomic E-state index is -0.593. The first-order valence-electron chi connectivity index (χ1n) is 14.7. The van der Waals surface area contributed by atoms with Crippen LogP contribution in [-0.4, -0.2) is 187 Å². The highest BCUT2D eigenvalue weighted by molar-refractivity contribution is 4.51. The zero-order valence-electron chi connectivity index (χ0n) is 27.9. The second-order valence-corrected chi connectivity index (χ2v) is 8.92. The molecule has 0 radical (unpaired) electrons. The van der Waals surface area contributed by atoms with E-state index in [1.165, 1.54) is 0 Å². The Labute approximate surface area is 264 Å². The lowest BCUT2D eigenvalue weighted by Crippen LogP contribution is -2.19. The molecule has 0 bridgehead atoms. The van der Waals surface area contributed by atoms with Gasteiger partial charge >= 0.3 is 0 Å². The molecule has 0 saturated carbocycles. The van der Waals surface area contributed by atoms with Gasteiger partial charge in [0.2, 0.25) is 0 Å². The summed E-state index contributed by atoms with van der Waals surface area (Å²) in [6, 6.07) is 0. The summed E-state index contributed by atoms with van der Waals surface area (Å²) in [7, 11) is 0. The van der Waals surface area contributed by atoms with Gasteiger partial charge in [-0.15, -0.1) is 0 Å². The standard InChI is InChI=1S/C6H14O3.C4H10O3.4C4H10O2.C2H6O2/c1-5(8)4-9-6(2)3-7;5-1-3-7-4-2-6;1-4(6)2-3-5;1-3(5)4(2)6;1-2-4(6)3-5;5-3-1-2-4-6;3-1-2-4/h5-8H,3-4H2,1-2H3;5-6H,1-4H2;4-6H,2-3H2,1H3;3-6H,1-2H3;4-6H,2-3H2,1H3;5-6H,1-4H2;3-4H,1-2H2. The first-order valence-corrected chi connectivity index (χ1v) is 14.7. The quantitative estimate of drug-likeness (QED) is 0.0679. The Hall–Kier alpha value is -0.640. The summed E-state index contributed by atoms with van der Waals surface area (Å²) in [6.07, 6.45) is -0.0997. The van der Waals surface area contributed by atoms with E-state index in [4.69, 9.17) is 76.2 Å². The summed E-state index contributed by atoms with van der Waals surface area (Å²) >= 11 is 0. The molecule has 16 nitrogen and oxygen atoms in total. The van der Waals surface area contributed by atoms with Crippen LogP contribution in [0.15, 0.2) is 0 Å². The Morgan fingerprint density at radius 1 is 0.500 bits per heavy atom. The molecule has 6 atom stereocenters. The SMILES string of the molecule is CC(O)C(C)O.CC(O)CCO.CC(O)COC(C)CO.CCC(O)CO.OCCCCO.OCCO.OCCOCCO. The summed E-state index contributed by atoms with van der Waals surface area (Å²) < 4.78 is 9.58. The van der Waals surface area contributed by atoms with Gasteiger partial charge in [-0.3, -0.25) is 0 Å². The maximum Gasteiger partial charge on any atom is 0.0779 e. The van der Waals surface area contributed by atoms with Crippen molar-refractivity contribution in [3.05, 3.63) is 0 Å². The van der Waals surface area contributed by atoms with Crippen molar-refractivity contribution >= 4 is 0 Å². The lowest BCUT2D eigenvalue weighted by Gasteiger charge is -2.10. The fraction of sp³-hybridized carbons (Fsp3) is 1.00. The smallest absolute Gasteiger partial charge is 0.0779 e. The third kappa shape index (κ3) is 105. The fourth-order valence-electron chi connectivity index (χ4n) is 1.13. The maximum absolute atomic E-state index is 8.69. The first-order chi connectivity index (χ1) is 20.6. The van der Waals surface area contributed by atoms with Crippen LogP contribution in [-0.2, 0) is 9.47 Å². The van der Waals surface area contributed by atoms with Crippen molar-refractivity contribution in [2.24, 2.45) is 0 Å². The van der Waals surface area contributed by atoms with E-state index >= 15 is 0 Å². The van der Waals surface area contributed by atoms with Crippen molar-refractivity contribution in [1.82, 2.24) is 0 Å². The van der Waals surface area contributed by atoms with Gasteiger partial charge in [-0.1, -0.05) is 6.92 Å². The summed E-state index contributed by atoms with van der Waals surface area (Å²) in [5.74, 6) is 0. The molecule has 44 heavy (non-hydrogen) atoms. The van der Waals surface area contributed by atoms with Crippen LogP contribution in [0.2, 0.25) is 0 Å². The third-order valence-corrected chi connectivity index (χ3v) is 3.94. The molecule has 6 unspecified atom stereocenters. The normalized spacial score (nSPS) is 13.6. The van der Waals surface area contributed by atoms with Gasteiger partial charge < -0.3 is 81.0 Å². The molecular weight excluding hydrogens is 592 g/mol. The zero-order chi connectivity index (χ0) is 36.2. The van der Waals surface area contributed by atoms with Crippen molar-refractivity contribution in [2.45, 2.75) is 104 Å². The van der Waals surface area contributed by atoms with E-state index < -0.39 is 24.4 Å². The second-order valence-electron chi connectivity index (χ2n) is 8.92. The molecule has 0 amide bonds. The predicted molar refractivity (Wildman–Crippen MR) is 167 cm³/mol. The predicted octanol–water partition coefficient (Wildman–Crippen LogP) is -3.28. The van der Waals surface area contributed by atoms with Crippen LogP contribution in [0, 0.1) is 0 Å². The average Bonchev–Trinajstić information content (AvgIpc) is 3.00. The lowest BCUT2D eigenvalue weighted by molar-refractivity contribution is -0.0177. The van der Waals surface area contributed by atoms with Gasteiger partial charge in [0, 0.05) is 19.8 Å². The Kier molecular flexibility index (Phi) is 77.5. The molecular formula is C28H70O16. The summed E-state index contributed by atoms with van der Waals surface area (Å²) in [5, 5.41) is 114. The number of aliphatic hydroxyl groups excluding tert-OH is 14. The van der Waals surface area contributed by atoms with E-state index in [0.717, 1.165) is 12.8 Å². The number of unbranched alkanes of at least 4 members (excludes halogenated alkanes) is 1. The molecule has 0 heterocycles. The van der Waals surface area contributed by atoms with Gasteiger partial charge in [0.1, 0.15) is 0 Å². The molecule has 0 saturated heterocycles. The molecule has 0 aliphatic carbocycles. The fourth-order valence-corrected chi connectivity index (χ4v) is 1.13. The Morgan fingerprint density at radius 2 is 0.909 bits per heavy atom.